The van der Waals surface area contributed by atoms with Crippen LogP contribution in [0, 0.1) is 11.3 Å². The summed E-state index contributed by atoms with van der Waals surface area (Å²) in [5, 5.41) is 15.1. The average Bonchev–Trinajstić information content (AvgIpc) is 2.75. The molecule has 8 heteroatoms. The Morgan fingerprint density at radius 3 is 2.43 bits per heavy atom. The monoisotopic (exact) mass is 376 g/mol. The van der Waals surface area contributed by atoms with Crippen LogP contribution < -0.4 is 15.4 Å². The second-order valence-corrected chi connectivity index (χ2v) is 5.75. The fraction of sp³-hybridized carbons (Fsp3) is 0.200. The summed E-state index contributed by atoms with van der Waals surface area (Å²) in [6.07, 6.45) is 4.69. The fourth-order valence-corrected chi connectivity index (χ4v) is 2.52. The predicted octanol–water partition coefficient (Wildman–Crippen LogP) is 3.22. The van der Waals surface area contributed by atoms with Gasteiger partial charge in [0, 0.05) is 37.7 Å². The van der Waals surface area contributed by atoms with E-state index in [4.69, 9.17) is 14.7 Å². The van der Waals surface area contributed by atoms with E-state index in [1.54, 1.807) is 13.3 Å². The van der Waals surface area contributed by atoms with Crippen molar-refractivity contribution in [2.24, 2.45) is 0 Å². The van der Waals surface area contributed by atoms with Crippen molar-refractivity contribution in [2.75, 3.05) is 38.0 Å². The molecule has 28 heavy (non-hydrogen) atoms. The predicted molar refractivity (Wildman–Crippen MR) is 107 cm³/mol. The van der Waals surface area contributed by atoms with Crippen molar-refractivity contribution in [2.45, 2.75) is 0 Å². The van der Waals surface area contributed by atoms with Crippen molar-refractivity contribution in [1.82, 2.24) is 15.0 Å². The second kappa shape index (κ2) is 9.30. The van der Waals surface area contributed by atoms with E-state index < -0.39 is 0 Å². The molecular formula is C20H20N6O2. The lowest BCUT2D eigenvalue weighted by atomic mass is 10.1. The highest BCUT2D eigenvalue weighted by molar-refractivity contribution is 5.79. The van der Waals surface area contributed by atoms with E-state index in [1.165, 1.54) is 12.4 Å². The molecule has 0 aliphatic carbocycles. The molecule has 8 nitrogen and oxygen atoms in total. The lowest BCUT2D eigenvalue weighted by molar-refractivity contribution is 0.146. The molecule has 3 aromatic rings. The minimum absolute atomic E-state index is 0.263. The molecule has 2 aromatic heterocycles. The fourth-order valence-electron chi connectivity index (χ4n) is 2.52. The van der Waals surface area contributed by atoms with Gasteiger partial charge in [0.2, 0.25) is 0 Å². The van der Waals surface area contributed by atoms with E-state index >= 15 is 0 Å². The summed E-state index contributed by atoms with van der Waals surface area (Å²) in [6.45, 7) is 1.06. The SMILES string of the molecule is CNc1cc(Nc2cnc(C#N)cn2)ncc1-c1ccc(OCCOC)cc1. The number of benzene rings is 1. The zero-order valence-corrected chi connectivity index (χ0v) is 15.6. The van der Waals surface area contributed by atoms with Gasteiger partial charge in [-0.05, 0) is 17.7 Å². The lowest BCUT2D eigenvalue weighted by Crippen LogP contribution is -2.04. The van der Waals surface area contributed by atoms with Gasteiger partial charge in [-0.3, -0.25) is 0 Å². The Hall–Kier alpha value is -3.70. The van der Waals surface area contributed by atoms with Crippen molar-refractivity contribution >= 4 is 17.3 Å². The number of ether oxygens (including phenoxy) is 2. The standard InChI is InChI=1S/C20H20N6O2/c1-22-18-9-19(26-20-13-23-15(10-21)11-24-20)25-12-17(18)14-3-5-16(6-4-14)28-8-7-27-2/h3-6,9,11-13H,7-8H2,1-2H3,(H2,22,24,25,26). The summed E-state index contributed by atoms with van der Waals surface area (Å²) >= 11 is 0. The van der Waals surface area contributed by atoms with Crippen molar-refractivity contribution in [3.8, 4) is 22.9 Å². The number of anilines is 3. The first-order valence-electron chi connectivity index (χ1n) is 8.62. The summed E-state index contributed by atoms with van der Waals surface area (Å²) < 4.78 is 10.6. The molecule has 3 rings (SSSR count). The van der Waals surface area contributed by atoms with Crippen LogP contribution in [0.4, 0.5) is 17.3 Å². The minimum Gasteiger partial charge on any atom is -0.491 e. The average molecular weight is 376 g/mol. The smallest absolute Gasteiger partial charge is 0.158 e. The number of aromatic nitrogens is 3. The first-order valence-corrected chi connectivity index (χ1v) is 8.62. The molecule has 142 valence electrons. The van der Waals surface area contributed by atoms with Gasteiger partial charge >= 0.3 is 0 Å². The van der Waals surface area contributed by atoms with Gasteiger partial charge in [0.05, 0.1) is 19.0 Å². The van der Waals surface area contributed by atoms with E-state index in [2.05, 4.69) is 25.6 Å². The molecule has 1 aromatic carbocycles. The molecule has 0 fully saturated rings. The molecule has 2 N–H and O–H groups in total. The summed E-state index contributed by atoms with van der Waals surface area (Å²) in [5.41, 5.74) is 3.15. The van der Waals surface area contributed by atoms with E-state index in [1.807, 2.05) is 43.4 Å². The highest BCUT2D eigenvalue weighted by Gasteiger charge is 2.08. The maximum absolute atomic E-state index is 8.79. The van der Waals surface area contributed by atoms with Crippen molar-refractivity contribution < 1.29 is 9.47 Å². The van der Waals surface area contributed by atoms with Crippen LogP contribution in [-0.2, 0) is 4.74 Å². The van der Waals surface area contributed by atoms with Gasteiger partial charge in [0.25, 0.3) is 0 Å². The number of nitrogens with zero attached hydrogens (tertiary/aromatic N) is 4. The molecule has 0 saturated heterocycles. The van der Waals surface area contributed by atoms with Crippen molar-refractivity contribution in [3.63, 3.8) is 0 Å². The molecule has 2 heterocycles. The topological polar surface area (TPSA) is 105 Å². The molecule has 0 aliphatic rings. The Morgan fingerprint density at radius 1 is 1.00 bits per heavy atom. The van der Waals surface area contributed by atoms with Gasteiger partial charge in [0.15, 0.2) is 5.69 Å². The Labute approximate surface area is 163 Å². The third kappa shape index (κ3) is 4.72. The number of pyridine rings is 1. The molecule has 0 bridgehead atoms. The number of nitrogens with one attached hydrogen (secondary N) is 2. The van der Waals surface area contributed by atoms with E-state index in [9.17, 15) is 0 Å². The maximum Gasteiger partial charge on any atom is 0.158 e. The van der Waals surface area contributed by atoms with Crippen molar-refractivity contribution in [1.29, 1.82) is 5.26 Å². The van der Waals surface area contributed by atoms with Crippen LogP contribution >= 0.6 is 0 Å². The molecule has 0 radical (unpaired) electrons. The minimum atomic E-state index is 0.263. The third-order valence-electron chi connectivity index (χ3n) is 3.92. The summed E-state index contributed by atoms with van der Waals surface area (Å²) in [6, 6.07) is 11.6. The largest absolute Gasteiger partial charge is 0.491 e. The van der Waals surface area contributed by atoms with Crippen LogP contribution in [0.15, 0.2) is 48.9 Å². The van der Waals surface area contributed by atoms with Crippen LogP contribution in [0.5, 0.6) is 5.75 Å². The van der Waals surface area contributed by atoms with E-state index in [0.29, 0.717) is 24.8 Å². The normalized spacial score (nSPS) is 10.2. The number of hydrogen-bond acceptors (Lipinski definition) is 8. The van der Waals surface area contributed by atoms with Crippen LogP contribution in [-0.4, -0.2) is 42.3 Å². The summed E-state index contributed by atoms with van der Waals surface area (Å²) in [4.78, 5) is 12.6. The Morgan fingerprint density at radius 2 is 1.79 bits per heavy atom. The zero-order chi connectivity index (χ0) is 19.8. The second-order valence-electron chi connectivity index (χ2n) is 5.75. The number of rotatable bonds is 8. The van der Waals surface area contributed by atoms with Gasteiger partial charge < -0.3 is 20.1 Å². The molecule has 0 amide bonds. The number of methoxy groups -OCH3 is 1. The maximum atomic E-state index is 8.79. The highest BCUT2D eigenvalue weighted by atomic mass is 16.5. The number of nitriles is 1. The molecular weight excluding hydrogens is 356 g/mol. The van der Waals surface area contributed by atoms with Gasteiger partial charge in [-0.2, -0.15) is 5.26 Å². The quantitative estimate of drug-likeness (QED) is 0.577. The molecule has 0 unspecified atom stereocenters. The van der Waals surface area contributed by atoms with Crippen LogP contribution in [0.2, 0.25) is 0 Å². The molecule has 0 atom stereocenters. The van der Waals surface area contributed by atoms with Gasteiger partial charge in [-0.1, -0.05) is 12.1 Å². The molecule has 0 aliphatic heterocycles. The first kappa shape index (κ1) is 19.1. The van der Waals surface area contributed by atoms with Gasteiger partial charge in [-0.25, -0.2) is 15.0 Å². The summed E-state index contributed by atoms with van der Waals surface area (Å²) in [7, 11) is 3.50. The zero-order valence-electron chi connectivity index (χ0n) is 15.6. The van der Waals surface area contributed by atoms with E-state index in [-0.39, 0.29) is 5.69 Å². The molecule has 0 spiro atoms. The van der Waals surface area contributed by atoms with Crippen LogP contribution in [0.3, 0.4) is 0 Å². The number of hydrogen-bond donors (Lipinski definition) is 2. The Kier molecular flexibility index (Phi) is 6.33. The Balaban J connectivity index is 1.76. The first-order chi connectivity index (χ1) is 13.7. The van der Waals surface area contributed by atoms with Gasteiger partial charge in [-0.15, -0.1) is 0 Å². The van der Waals surface area contributed by atoms with E-state index in [0.717, 1.165) is 22.6 Å². The van der Waals surface area contributed by atoms with Gasteiger partial charge in [0.1, 0.15) is 30.1 Å². The lowest BCUT2D eigenvalue weighted by Gasteiger charge is -2.12. The van der Waals surface area contributed by atoms with Crippen LogP contribution in [0.1, 0.15) is 5.69 Å². The van der Waals surface area contributed by atoms with Crippen molar-refractivity contribution in [3.05, 3.63) is 54.6 Å². The highest BCUT2D eigenvalue weighted by Crippen LogP contribution is 2.30. The Bertz CT molecular complexity index is 952. The van der Waals surface area contributed by atoms with Crippen LogP contribution in [0.25, 0.3) is 11.1 Å². The third-order valence-corrected chi connectivity index (χ3v) is 3.92. The summed E-state index contributed by atoms with van der Waals surface area (Å²) in [5.74, 6) is 1.92. The molecule has 0 saturated carbocycles.